The molecule has 2 N–H and O–H groups in total. The number of amides is 2. The maximum absolute atomic E-state index is 12.6. The number of carbonyl (C=O) groups excluding carboxylic acids is 2. The number of rotatable bonds is 5. The molecule has 0 bridgehead atoms. The maximum Gasteiger partial charge on any atom is 0.408 e. The molecule has 0 aromatic carbocycles. The molecular formula is C21H34N4O3. The molecule has 1 saturated carbocycles. The molecule has 1 fully saturated rings. The predicted octanol–water partition coefficient (Wildman–Crippen LogP) is 3.50. The summed E-state index contributed by atoms with van der Waals surface area (Å²) in [5.41, 5.74) is -0.531. The molecule has 0 aliphatic heterocycles. The fraction of sp³-hybridized carbons (Fsp3) is 0.667. The Balaban J connectivity index is 2.05. The van der Waals surface area contributed by atoms with Crippen molar-refractivity contribution in [3.05, 3.63) is 23.9 Å². The third kappa shape index (κ3) is 6.69. The molecule has 7 heteroatoms. The second-order valence-corrected chi connectivity index (χ2v) is 8.80. The van der Waals surface area contributed by atoms with Crippen LogP contribution in [0.4, 0.5) is 10.6 Å². The molecule has 28 heavy (non-hydrogen) atoms. The van der Waals surface area contributed by atoms with Crippen LogP contribution in [0.3, 0.4) is 0 Å². The van der Waals surface area contributed by atoms with Crippen molar-refractivity contribution in [1.82, 2.24) is 15.6 Å². The van der Waals surface area contributed by atoms with Gasteiger partial charge in [-0.2, -0.15) is 0 Å². The van der Waals surface area contributed by atoms with Gasteiger partial charge >= 0.3 is 6.09 Å². The molecule has 2 rings (SSSR count). The number of nitrogens with zero attached hydrogens (tertiary/aromatic N) is 2. The van der Waals surface area contributed by atoms with Crippen LogP contribution in [0, 0.1) is 0 Å². The molecule has 1 heterocycles. The number of anilines is 1. The van der Waals surface area contributed by atoms with Crippen LogP contribution >= 0.6 is 0 Å². The lowest BCUT2D eigenvalue weighted by molar-refractivity contribution is 0.0437. The molecule has 1 aliphatic carbocycles. The first-order valence-corrected chi connectivity index (χ1v) is 10.0. The standard InChI is InChI=1S/C21H34N4O3/c1-20(2,3)28-19(27)24-21(12-8-6-7-9-13-21)15-23-18(26)16-10-11-17(22-14-16)25(4)5/h10-11,14H,6-9,12-13,15H2,1-5H3,(H,23,26)(H,24,27). The van der Waals surface area contributed by atoms with E-state index in [1.165, 1.54) is 0 Å². The second-order valence-electron chi connectivity index (χ2n) is 8.80. The summed E-state index contributed by atoms with van der Waals surface area (Å²) in [7, 11) is 3.81. The summed E-state index contributed by atoms with van der Waals surface area (Å²) in [6, 6.07) is 3.58. The Labute approximate surface area is 168 Å². The van der Waals surface area contributed by atoms with Gasteiger partial charge in [0, 0.05) is 26.8 Å². The van der Waals surface area contributed by atoms with Crippen molar-refractivity contribution in [1.29, 1.82) is 0 Å². The first kappa shape index (κ1) is 22.0. The fourth-order valence-electron chi connectivity index (χ4n) is 3.41. The molecule has 1 aromatic rings. The molecule has 0 atom stereocenters. The first-order valence-electron chi connectivity index (χ1n) is 10.0. The molecule has 2 amide bonds. The molecule has 7 nitrogen and oxygen atoms in total. The number of nitrogens with one attached hydrogen (secondary N) is 2. The van der Waals surface area contributed by atoms with Crippen LogP contribution in [0.1, 0.15) is 69.7 Å². The number of alkyl carbamates (subject to hydrolysis) is 1. The summed E-state index contributed by atoms with van der Waals surface area (Å²) < 4.78 is 5.46. The van der Waals surface area contributed by atoms with E-state index in [0.29, 0.717) is 12.1 Å². The SMILES string of the molecule is CN(C)c1ccc(C(=O)NCC2(NC(=O)OC(C)(C)C)CCCCCC2)cn1. The van der Waals surface area contributed by atoms with E-state index in [4.69, 9.17) is 4.74 Å². The van der Waals surface area contributed by atoms with Gasteiger partial charge in [0.05, 0.1) is 11.1 Å². The minimum Gasteiger partial charge on any atom is -0.444 e. The van der Waals surface area contributed by atoms with Crippen molar-refractivity contribution in [3.8, 4) is 0 Å². The number of carbonyl (C=O) groups is 2. The Morgan fingerprint density at radius 1 is 1.14 bits per heavy atom. The van der Waals surface area contributed by atoms with E-state index in [1.807, 2.05) is 45.8 Å². The number of hydrogen-bond acceptors (Lipinski definition) is 5. The van der Waals surface area contributed by atoms with Crippen LogP contribution < -0.4 is 15.5 Å². The maximum atomic E-state index is 12.6. The van der Waals surface area contributed by atoms with Crippen LogP contribution in [0.2, 0.25) is 0 Å². The number of aromatic nitrogens is 1. The highest BCUT2D eigenvalue weighted by atomic mass is 16.6. The normalized spacial score (nSPS) is 16.6. The molecular weight excluding hydrogens is 356 g/mol. The zero-order chi connectivity index (χ0) is 20.8. The smallest absolute Gasteiger partial charge is 0.408 e. The average molecular weight is 391 g/mol. The summed E-state index contributed by atoms with van der Waals surface area (Å²) >= 11 is 0. The van der Waals surface area contributed by atoms with E-state index in [1.54, 1.807) is 12.3 Å². The van der Waals surface area contributed by atoms with Gasteiger partial charge in [0.1, 0.15) is 11.4 Å². The molecule has 0 radical (unpaired) electrons. The van der Waals surface area contributed by atoms with E-state index in [0.717, 1.165) is 44.3 Å². The number of hydrogen-bond donors (Lipinski definition) is 2. The fourth-order valence-corrected chi connectivity index (χ4v) is 3.41. The van der Waals surface area contributed by atoms with Gasteiger partial charge in [0.15, 0.2) is 0 Å². The topological polar surface area (TPSA) is 83.6 Å². The highest BCUT2D eigenvalue weighted by Crippen LogP contribution is 2.27. The van der Waals surface area contributed by atoms with Crippen molar-refractivity contribution in [2.45, 2.75) is 70.4 Å². The van der Waals surface area contributed by atoms with Gasteiger partial charge in [-0.25, -0.2) is 9.78 Å². The third-order valence-corrected chi connectivity index (χ3v) is 4.88. The zero-order valence-corrected chi connectivity index (χ0v) is 17.8. The van der Waals surface area contributed by atoms with Crippen LogP contribution in [0.5, 0.6) is 0 Å². The van der Waals surface area contributed by atoms with E-state index in [2.05, 4.69) is 15.6 Å². The van der Waals surface area contributed by atoms with Crippen molar-refractivity contribution in [2.75, 3.05) is 25.5 Å². The second kappa shape index (κ2) is 9.26. The van der Waals surface area contributed by atoms with Gasteiger partial charge < -0.3 is 20.3 Å². The largest absolute Gasteiger partial charge is 0.444 e. The van der Waals surface area contributed by atoms with E-state index < -0.39 is 17.2 Å². The Morgan fingerprint density at radius 3 is 2.29 bits per heavy atom. The van der Waals surface area contributed by atoms with Gasteiger partial charge in [-0.3, -0.25) is 4.79 Å². The zero-order valence-electron chi connectivity index (χ0n) is 17.8. The lowest BCUT2D eigenvalue weighted by Gasteiger charge is -2.35. The summed E-state index contributed by atoms with van der Waals surface area (Å²) in [5, 5.41) is 6.05. The van der Waals surface area contributed by atoms with Gasteiger partial charge in [0.25, 0.3) is 5.91 Å². The Morgan fingerprint density at radius 2 is 1.79 bits per heavy atom. The summed E-state index contributed by atoms with van der Waals surface area (Å²) in [4.78, 5) is 31.2. The minimum absolute atomic E-state index is 0.188. The molecule has 156 valence electrons. The monoisotopic (exact) mass is 390 g/mol. The predicted molar refractivity (Wildman–Crippen MR) is 111 cm³/mol. The number of pyridine rings is 1. The number of ether oxygens (including phenoxy) is 1. The molecule has 0 unspecified atom stereocenters. The van der Waals surface area contributed by atoms with Crippen LogP contribution in [0.15, 0.2) is 18.3 Å². The Kier molecular flexibility index (Phi) is 7.27. The molecule has 1 aromatic heterocycles. The van der Waals surface area contributed by atoms with Crippen molar-refractivity contribution in [3.63, 3.8) is 0 Å². The average Bonchev–Trinajstić information content (AvgIpc) is 2.84. The van der Waals surface area contributed by atoms with Crippen LogP contribution in [0.25, 0.3) is 0 Å². The van der Waals surface area contributed by atoms with Crippen molar-refractivity contribution < 1.29 is 14.3 Å². The van der Waals surface area contributed by atoms with Crippen LogP contribution in [-0.4, -0.2) is 48.8 Å². The van der Waals surface area contributed by atoms with E-state index in [-0.39, 0.29) is 5.91 Å². The summed E-state index contributed by atoms with van der Waals surface area (Å²) in [6.07, 6.45) is 7.11. The van der Waals surface area contributed by atoms with Gasteiger partial charge in [-0.15, -0.1) is 0 Å². The lowest BCUT2D eigenvalue weighted by Crippen LogP contribution is -2.56. The van der Waals surface area contributed by atoms with E-state index >= 15 is 0 Å². The molecule has 1 aliphatic rings. The lowest BCUT2D eigenvalue weighted by atomic mass is 9.90. The van der Waals surface area contributed by atoms with E-state index in [9.17, 15) is 9.59 Å². The summed E-state index contributed by atoms with van der Waals surface area (Å²) in [6.45, 7) is 5.91. The molecule has 0 saturated heterocycles. The van der Waals surface area contributed by atoms with Gasteiger partial charge in [-0.1, -0.05) is 25.7 Å². The highest BCUT2D eigenvalue weighted by Gasteiger charge is 2.34. The minimum atomic E-state index is -0.556. The Bertz CT molecular complexity index is 657. The Hall–Kier alpha value is -2.31. The highest BCUT2D eigenvalue weighted by molar-refractivity contribution is 5.94. The van der Waals surface area contributed by atoms with Crippen molar-refractivity contribution >= 4 is 17.8 Å². The van der Waals surface area contributed by atoms with Crippen molar-refractivity contribution in [2.24, 2.45) is 0 Å². The van der Waals surface area contributed by atoms with Gasteiger partial charge in [0.2, 0.25) is 0 Å². The summed E-state index contributed by atoms with van der Waals surface area (Å²) in [5.74, 6) is 0.607. The first-order chi connectivity index (χ1) is 13.1. The van der Waals surface area contributed by atoms with Gasteiger partial charge in [-0.05, 0) is 45.7 Å². The molecule has 0 spiro atoms. The quantitative estimate of drug-likeness (QED) is 0.752. The third-order valence-electron chi connectivity index (χ3n) is 4.88. The van der Waals surface area contributed by atoms with Crippen LogP contribution in [-0.2, 0) is 4.74 Å².